The summed E-state index contributed by atoms with van der Waals surface area (Å²) in [6.45, 7) is 9.62. The Balaban J connectivity index is 1.99. The molecular formula is C15H23N3S. The maximum absolute atomic E-state index is 4.58. The summed E-state index contributed by atoms with van der Waals surface area (Å²) in [5, 5.41) is 10.3. The van der Waals surface area contributed by atoms with Crippen molar-refractivity contribution in [2.45, 2.75) is 46.3 Å². The Labute approximate surface area is 119 Å². The number of hydrogen-bond donors (Lipinski definition) is 1. The van der Waals surface area contributed by atoms with Crippen LogP contribution >= 0.6 is 11.3 Å². The second-order valence-electron chi connectivity index (χ2n) is 5.50. The number of aromatic nitrogens is 2. The first-order valence-electron chi connectivity index (χ1n) is 6.88. The first kappa shape index (κ1) is 14.3. The van der Waals surface area contributed by atoms with Crippen molar-refractivity contribution < 1.29 is 0 Å². The van der Waals surface area contributed by atoms with Crippen molar-refractivity contribution in [2.75, 3.05) is 0 Å². The van der Waals surface area contributed by atoms with Crippen LogP contribution in [0.15, 0.2) is 29.8 Å². The van der Waals surface area contributed by atoms with Crippen LogP contribution in [0.1, 0.15) is 50.3 Å². The topological polar surface area (TPSA) is 29.9 Å². The lowest BCUT2D eigenvalue weighted by Crippen LogP contribution is -2.24. The Bertz CT molecular complexity index is 485. The van der Waals surface area contributed by atoms with Crippen LogP contribution in [0.5, 0.6) is 0 Å². The lowest BCUT2D eigenvalue weighted by molar-refractivity contribution is 0.411. The van der Waals surface area contributed by atoms with Crippen LogP contribution in [-0.2, 0) is 6.54 Å². The molecule has 4 heteroatoms. The van der Waals surface area contributed by atoms with Crippen molar-refractivity contribution in [1.82, 2.24) is 15.1 Å². The fraction of sp³-hybridized carbons (Fsp3) is 0.533. The van der Waals surface area contributed by atoms with E-state index in [-0.39, 0.29) is 0 Å². The fourth-order valence-corrected chi connectivity index (χ4v) is 3.08. The predicted octanol–water partition coefficient (Wildman–Crippen LogP) is 4.01. The molecule has 1 unspecified atom stereocenters. The number of hydrogen-bond acceptors (Lipinski definition) is 3. The van der Waals surface area contributed by atoms with Gasteiger partial charge >= 0.3 is 0 Å². The van der Waals surface area contributed by atoms with Crippen molar-refractivity contribution in [3.63, 3.8) is 0 Å². The zero-order valence-corrected chi connectivity index (χ0v) is 12.9. The molecule has 0 bridgehead atoms. The van der Waals surface area contributed by atoms with Crippen LogP contribution in [0.25, 0.3) is 0 Å². The van der Waals surface area contributed by atoms with Crippen LogP contribution in [0.4, 0.5) is 0 Å². The smallest absolute Gasteiger partial charge is 0.0762 e. The molecule has 0 aromatic carbocycles. The minimum absolute atomic E-state index is 0.407. The molecule has 0 aliphatic heterocycles. The highest BCUT2D eigenvalue weighted by Crippen LogP contribution is 2.26. The summed E-state index contributed by atoms with van der Waals surface area (Å²) in [7, 11) is 0. The second kappa shape index (κ2) is 6.35. The van der Waals surface area contributed by atoms with Crippen molar-refractivity contribution >= 4 is 11.3 Å². The van der Waals surface area contributed by atoms with Gasteiger partial charge in [-0.25, -0.2) is 0 Å². The number of nitrogens with one attached hydrogen (secondary N) is 1. The lowest BCUT2D eigenvalue weighted by atomic mass is 10.0. The molecule has 2 aromatic rings. The largest absolute Gasteiger partial charge is 0.303 e. The van der Waals surface area contributed by atoms with Crippen LogP contribution in [-0.4, -0.2) is 9.78 Å². The maximum atomic E-state index is 4.58. The lowest BCUT2D eigenvalue weighted by Gasteiger charge is -2.20. The molecule has 0 radical (unpaired) electrons. The number of rotatable bonds is 6. The van der Waals surface area contributed by atoms with E-state index in [9.17, 15) is 0 Å². The van der Waals surface area contributed by atoms with Crippen molar-refractivity contribution in [1.29, 1.82) is 0 Å². The molecule has 0 amide bonds. The van der Waals surface area contributed by atoms with Crippen LogP contribution in [0.2, 0.25) is 0 Å². The third-order valence-corrected chi connectivity index (χ3v) is 4.17. The summed E-state index contributed by atoms with van der Waals surface area (Å²) in [6, 6.07) is 7.24. The van der Waals surface area contributed by atoms with E-state index in [1.807, 2.05) is 16.0 Å². The van der Waals surface area contributed by atoms with E-state index in [4.69, 9.17) is 0 Å². The molecule has 2 heterocycles. The summed E-state index contributed by atoms with van der Waals surface area (Å²) < 4.78 is 2.01. The highest BCUT2D eigenvalue weighted by Gasteiger charge is 2.16. The molecule has 3 nitrogen and oxygen atoms in total. The van der Waals surface area contributed by atoms with E-state index >= 15 is 0 Å². The molecule has 2 rings (SSSR count). The standard InChI is InChI=1S/C15H23N3S/c1-11(2)15(14-6-5-9-19-14)16-10-13-7-8-18(17-13)12(3)4/h5-9,11-12,15-16H,10H2,1-4H3. The molecule has 1 N–H and O–H groups in total. The van der Waals surface area contributed by atoms with Gasteiger partial charge in [-0.05, 0) is 37.3 Å². The molecule has 2 aromatic heterocycles. The van der Waals surface area contributed by atoms with Gasteiger partial charge in [0.15, 0.2) is 0 Å². The summed E-state index contributed by atoms with van der Waals surface area (Å²) in [4.78, 5) is 1.40. The van der Waals surface area contributed by atoms with Gasteiger partial charge in [0.25, 0.3) is 0 Å². The van der Waals surface area contributed by atoms with Gasteiger partial charge < -0.3 is 5.32 Å². The first-order chi connectivity index (χ1) is 9.08. The Morgan fingerprint density at radius 1 is 1.26 bits per heavy atom. The molecule has 19 heavy (non-hydrogen) atoms. The van der Waals surface area contributed by atoms with Crippen molar-refractivity contribution in [2.24, 2.45) is 5.92 Å². The summed E-state index contributed by atoms with van der Waals surface area (Å²) in [5.41, 5.74) is 1.11. The molecule has 0 aliphatic rings. The van der Waals surface area contributed by atoms with Gasteiger partial charge in [-0.15, -0.1) is 11.3 Å². The van der Waals surface area contributed by atoms with E-state index in [0.29, 0.717) is 18.0 Å². The van der Waals surface area contributed by atoms with E-state index in [1.165, 1.54) is 4.88 Å². The molecule has 104 valence electrons. The highest BCUT2D eigenvalue weighted by molar-refractivity contribution is 7.10. The van der Waals surface area contributed by atoms with Crippen LogP contribution in [0, 0.1) is 5.92 Å². The summed E-state index contributed by atoms with van der Waals surface area (Å²) in [5.74, 6) is 0.575. The van der Waals surface area contributed by atoms with Gasteiger partial charge in [0.05, 0.1) is 5.69 Å². The summed E-state index contributed by atoms with van der Waals surface area (Å²) in [6.07, 6.45) is 2.05. The SMILES string of the molecule is CC(C)C(NCc1ccn(C(C)C)n1)c1cccs1. The monoisotopic (exact) mass is 277 g/mol. The second-order valence-corrected chi connectivity index (χ2v) is 6.48. The molecule has 0 spiro atoms. The Kier molecular flexibility index (Phi) is 4.77. The minimum Gasteiger partial charge on any atom is -0.303 e. The van der Waals surface area contributed by atoms with E-state index < -0.39 is 0 Å². The Morgan fingerprint density at radius 3 is 2.58 bits per heavy atom. The average molecular weight is 277 g/mol. The Hall–Kier alpha value is -1.13. The van der Waals surface area contributed by atoms with E-state index in [1.54, 1.807) is 0 Å². The molecular weight excluding hydrogens is 254 g/mol. The normalized spacial score (nSPS) is 13.4. The number of nitrogens with zero attached hydrogens (tertiary/aromatic N) is 2. The summed E-state index contributed by atoms with van der Waals surface area (Å²) >= 11 is 1.82. The first-order valence-corrected chi connectivity index (χ1v) is 7.76. The quantitative estimate of drug-likeness (QED) is 0.864. The third kappa shape index (κ3) is 3.67. The predicted molar refractivity (Wildman–Crippen MR) is 81.3 cm³/mol. The average Bonchev–Trinajstić information content (AvgIpc) is 2.98. The van der Waals surface area contributed by atoms with Crippen molar-refractivity contribution in [3.05, 3.63) is 40.3 Å². The van der Waals surface area contributed by atoms with Gasteiger partial charge in [0, 0.05) is 29.7 Å². The number of thiophene rings is 1. The van der Waals surface area contributed by atoms with Gasteiger partial charge in [-0.3, -0.25) is 4.68 Å². The Morgan fingerprint density at radius 2 is 2.05 bits per heavy atom. The molecule has 0 aliphatic carbocycles. The highest BCUT2D eigenvalue weighted by atomic mass is 32.1. The minimum atomic E-state index is 0.407. The fourth-order valence-electron chi connectivity index (χ4n) is 2.11. The van der Waals surface area contributed by atoms with E-state index in [2.05, 4.69) is 67.9 Å². The zero-order chi connectivity index (χ0) is 13.8. The third-order valence-electron chi connectivity index (χ3n) is 3.21. The molecule has 0 fully saturated rings. The molecule has 0 saturated carbocycles. The van der Waals surface area contributed by atoms with Crippen LogP contribution < -0.4 is 5.32 Å². The van der Waals surface area contributed by atoms with Gasteiger partial charge in [-0.1, -0.05) is 19.9 Å². The van der Waals surface area contributed by atoms with Crippen LogP contribution in [0.3, 0.4) is 0 Å². The molecule has 0 saturated heterocycles. The van der Waals surface area contributed by atoms with Gasteiger partial charge in [0.1, 0.15) is 0 Å². The van der Waals surface area contributed by atoms with Crippen molar-refractivity contribution in [3.8, 4) is 0 Å². The zero-order valence-electron chi connectivity index (χ0n) is 12.1. The molecule has 1 atom stereocenters. The van der Waals surface area contributed by atoms with Gasteiger partial charge in [-0.2, -0.15) is 5.10 Å². The van der Waals surface area contributed by atoms with Gasteiger partial charge in [0.2, 0.25) is 0 Å². The van der Waals surface area contributed by atoms with E-state index in [0.717, 1.165) is 12.2 Å². The maximum Gasteiger partial charge on any atom is 0.0762 e.